The van der Waals surface area contributed by atoms with Crippen molar-refractivity contribution < 1.29 is 9.57 Å². The van der Waals surface area contributed by atoms with E-state index in [1.807, 2.05) is 18.3 Å². The van der Waals surface area contributed by atoms with E-state index in [4.69, 9.17) is 9.57 Å². The van der Waals surface area contributed by atoms with Crippen LogP contribution >= 0.6 is 11.8 Å². The van der Waals surface area contributed by atoms with Gasteiger partial charge in [-0.2, -0.15) is 4.73 Å². The van der Waals surface area contributed by atoms with Gasteiger partial charge in [-0.25, -0.2) is 0 Å². The summed E-state index contributed by atoms with van der Waals surface area (Å²) in [5.41, 5.74) is 2.38. The smallest absolute Gasteiger partial charge is 0.118 e. The molecule has 2 rings (SSSR count). The fourth-order valence-corrected chi connectivity index (χ4v) is 2.68. The van der Waals surface area contributed by atoms with Crippen LogP contribution in [-0.2, 0) is 0 Å². The summed E-state index contributed by atoms with van der Waals surface area (Å²) < 4.78 is 6.94. The number of hydrogen-bond acceptors (Lipinski definition) is 3. The van der Waals surface area contributed by atoms with E-state index in [-0.39, 0.29) is 0 Å². The van der Waals surface area contributed by atoms with Crippen molar-refractivity contribution in [1.29, 1.82) is 0 Å². The van der Waals surface area contributed by atoms with Crippen LogP contribution in [0.1, 0.15) is 11.3 Å². The van der Waals surface area contributed by atoms with Crippen LogP contribution in [0.2, 0.25) is 0 Å². The average molecular weight is 263 g/mol. The second kappa shape index (κ2) is 5.40. The van der Waals surface area contributed by atoms with Gasteiger partial charge in [-0.1, -0.05) is 11.8 Å². The third kappa shape index (κ3) is 2.48. The Labute approximate surface area is 112 Å². The molecule has 0 radical (unpaired) electrons. The highest BCUT2D eigenvalue weighted by Crippen LogP contribution is 2.33. The van der Waals surface area contributed by atoms with Gasteiger partial charge in [-0.15, -0.1) is 0 Å². The van der Waals surface area contributed by atoms with Crippen LogP contribution in [0.15, 0.2) is 40.3 Å². The first-order valence-electron chi connectivity index (χ1n) is 5.70. The first-order chi connectivity index (χ1) is 8.65. The molecule has 0 spiro atoms. The first-order valence-corrected chi connectivity index (χ1v) is 6.52. The SMILES string of the molecule is COc1ccc(Sc2cn(OC)c(C)c2C)cc1. The van der Waals surface area contributed by atoms with E-state index in [2.05, 4.69) is 26.0 Å². The predicted molar refractivity (Wildman–Crippen MR) is 73.5 cm³/mol. The molecule has 0 N–H and O–H groups in total. The third-order valence-corrected chi connectivity index (χ3v) is 4.10. The van der Waals surface area contributed by atoms with Gasteiger partial charge in [-0.05, 0) is 43.7 Å². The van der Waals surface area contributed by atoms with Crippen LogP contribution in [-0.4, -0.2) is 19.0 Å². The molecule has 4 heteroatoms. The summed E-state index contributed by atoms with van der Waals surface area (Å²) in [6, 6.07) is 8.06. The number of hydrogen-bond donors (Lipinski definition) is 0. The van der Waals surface area contributed by atoms with Gasteiger partial charge in [0.25, 0.3) is 0 Å². The molecule has 0 amide bonds. The Morgan fingerprint density at radius 3 is 2.22 bits per heavy atom. The maximum absolute atomic E-state index is 5.26. The van der Waals surface area contributed by atoms with Crippen molar-refractivity contribution in [3.05, 3.63) is 41.7 Å². The monoisotopic (exact) mass is 263 g/mol. The number of benzene rings is 1. The standard InChI is InChI=1S/C14H17NO2S/c1-10-11(2)15(17-4)9-14(10)18-13-7-5-12(16-3)6-8-13/h5-9H,1-4H3. The zero-order valence-corrected chi connectivity index (χ0v) is 11.9. The number of methoxy groups -OCH3 is 1. The normalized spacial score (nSPS) is 10.4. The second-order valence-electron chi connectivity index (χ2n) is 3.99. The van der Waals surface area contributed by atoms with Gasteiger partial charge in [-0.3, -0.25) is 0 Å². The molecule has 0 fully saturated rings. The van der Waals surface area contributed by atoms with Crippen molar-refractivity contribution in [2.75, 3.05) is 14.2 Å². The third-order valence-electron chi connectivity index (χ3n) is 2.96. The topological polar surface area (TPSA) is 23.4 Å². The maximum Gasteiger partial charge on any atom is 0.118 e. The van der Waals surface area contributed by atoms with E-state index in [0.29, 0.717) is 0 Å². The molecule has 0 aliphatic carbocycles. The lowest BCUT2D eigenvalue weighted by Gasteiger charge is -2.02. The Bertz CT molecular complexity index is 531. The molecule has 1 aromatic carbocycles. The van der Waals surface area contributed by atoms with Gasteiger partial charge in [0.05, 0.1) is 19.0 Å². The molecule has 96 valence electrons. The van der Waals surface area contributed by atoms with E-state index in [0.717, 1.165) is 11.4 Å². The number of aromatic nitrogens is 1. The highest BCUT2D eigenvalue weighted by atomic mass is 32.2. The Morgan fingerprint density at radius 2 is 1.72 bits per heavy atom. The molecule has 0 saturated heterocycles. The molecule has 0 bridgehead atoms. The van der Waals surface area contributed by atoms with Gasteiger partial charge < -0.3 is 9.57 Å². The lowest BCUT2D eigenvalue weighted by Crippen LogP contribution is -2.05. The number of nitrogens with zero attached hydrogens (tertiary/aromatic N) is 1. The molecule has 2 aromatic rings. The van der Waals surface area contributed by atoms with E-state index in [9.17, 15) is 0 Å². The van der Waals surface area contributed by atoms with Crippen LogP contribution < -0.4 is 9.57 Å². The maximum atomic E-state index is 5.26. The highest BCUT2D eigenvalue weighted by molar-refractivity contribution is 7.99. The van der Waals surface area contributed by atoms with Gasteiger partial charge >= 0.3 is 0 Å². The molecule has 0 unspecified atom stereocenters. The summed E-state index contributed by atoms with van der Waals surface area (Å²) in [6.07, 6.45) is 2.01. The van der Waals surface area contributed by atoms with Crippen LogP contribution in [0.3, 0.4) is 0 Å². The fraction of sp³-hybridized carbons (Fsp3) is 0.286. The van der Waals surface area contributed by atoms with Crippen molar-refractivity contribution in [3.63, 3.8) is 0 Å². The molecule has 0 aliphatic heterocycles. The largest absolute Gasteiger partial charge is 0.497 e. The van der Waals surface area contributed by atoms with Crippen LogP contribution in [0.25, 0.3) is 0 Å². The van der Waals surface area contributed by atoms with Crippen LogP contribution in [0, 0.1) is 13.8 Å². The molecule has 1 heterocycles. The molecule has 0 aliphatic rings. The minimum absolute atomic E-state index is 0.877. The van der Waals surface area contributed by atoms with Crippen molar-refractivity contribution in [3.8, 4) is 5.75 Å². The van der Waals surface area contributed by atoms with Crippen molar-refractivity contribution in [2.24, 2.45) is 0 Å². The highest BCUT2D eigenvalue weighted by Gasteiger charge is 2.10. The van der Waals surface area contributed by atoms with Gasteiger partial charge in [0.1, 0.15) is 12.9 Å². The van der Waals surface area contributed by atoms with Gasteiger partial charge in [0, 0.05) is 9.79 Å². The quantitative estimate of drug-likeness (QED) is 0.845. The lowest BCUT2D eigenvalue weighted by atomic mass is 10.3. The fourth-order valence-electron chi connectivity index (χ4n) is 1.71. The second-order valence-corrected chi connectivity index (χ2v) is 5.11. The van der Waals surface area contributed by atoms with Crippen molar-refractivity contribution >= 4 is 11.8 Å². The number of rotatable bonds is 4. The molecule has 18 heavy (non-hydrogen) atoms. The molecular weight excluding hydrogens is 246 g/mol. The Hall–Kier alpha value is -1.55. The zero-order valence-electron chi connectivity index (χ0n) is 11.1. The van der Waals surface area contributed by atoms with E-state index in [1.165, 1.54) is 15.4 Å². The van der Waals surface area contributed by atoms with Gasteiger partial charge in [0.15, 0.2) is 0 Å². The predicted octanol–water partition coefficient (Wildman–Crippen LogP) is 3.32. The van der Waals surface area contributed by atoms with E-state index >= 15 is 0 Å². The summed E-state index contributed by atoms with van der Waals surface area (Å²) in [7, 11) is 3.35. The molecular formula is C14H17NO2S. The summed E-state index contributed by atoms with van der Waals surface area (Å²) in [5.74, 6) is 0.877. The minimum atomic E-state index is 0.877. The molecule has 0 saturated carbocycles. The molecule has 0 atom stereocenters. The summed E-state index contributed by atoms with van der Waals surface area (Å²) in [4.78, 5) is 7.66. The Balaban J connectivity index is 2.22. The summed E-state index contributed by atoms with van der Waals surface area (Å²) in [5, 5.41) is 0. The van der Waals surface area contributed by atoms with Crippen LogP contribution in [0.4, 0.5) is 0 Å². The van der Waals surface area contributed by atoms with Crippen molar-refractivity contribution in [2.45, 2.75) is 23.6 Å². The summed E-state index contributed by atoms with van der Waals surface area (Å²) in [6.45, 7) is 4.16. The van der Waals surface area contributed by atoms with E-state index in [1.54, 1.807) is 30.7 Å². The zero-order chi connectivity index (χ0) is 13.1. The molecule has 3 nitrogen and oxygen atoms in total. The van der Waals surface area contributed by atoms with Crippen molar-refractivity contribution in [1.82, 2.24) is 4.73 Å². The first kappa shape index (κ1) is 12.9. The summed E-state index contributed by atoms with van der Waals surface area (Å²) >= 11 is 1.73. The van der Waals surface area contributed by atoms with Gasteiger partial charge in [0.2, 0.25) is 0 Å². The Kier molecular flexibility index (Phi) is 3.87. The number of ether oxygens (including phenoxy) is 1. The molecule has 1 aromatic heterocycles. The van der Waals surface area contributed by atoms with E-state index < -0.39 is 0 Å². The lowest BCUT2D eigenvalue weighted by molar-refractivity contribution is 0.161. The Morgan fingerprint density at radius 1 is 1.06 bits per heavy atom. The van der Waals surface area contributed by atoms with Crippen LogP contribution in [0.5, 0.6) is 5.75 Å². The average Bonchev–Trinajstić information content (AvgIpc) is 2.67. The minimum Gasteiger partial charge on any atom is -0.497 e.